The highest BCUT2D eigenvalue weighted by molar-refractivity contribution is 7.10. The molecule has 0 spiro atoms. The second kappa shape index (κ2) is 8.93. The van der Waals surface area contributed by atoms with Crippen LogP contribution in [0.2, 0.25) is 0 Å². The van der Waals surface area contributed by atoms with Crippen molar-refractivity contribution < 1.29 is 9.21 Å². The first-order chi connectivity index (χ1) is 14.2. The molecule has 1 aliphatic rings. The minimum Gasteiger partial charge on any atom is -0.451 e. The predicted octanol–water partition coefficient (Wildman–Crippen LogP) is 4.37. The van der Waals surface area contributed by atoms with E-state index < -0.39 is 0 Å². The van der Waals surface area contributed by atoms with Gasteiger partial charge in [0, 0.05) is 17.5 Å². The number of fused-ring (bicyclic) bond motifs is 1. The summed E-state index contributed by atoms with van der Waals surface area (Å²) in [6, 6.07) is 11.2. The molecule has 152 valence electrons. The van der Waals surface area contributed by atoms with Crippen molar-refractivity contribution in [1.29, 1.82) is 0 Å². The molecule has 1 aromatic carbocycles. The monoisotopic (exact) mass is 410 g/mol. The van der Waals surface area contributed by atoms with Gasteiger partial charge in [-0.1, -0.05) is 25.5 Å². The minimum atomic E-state index is -0.345. The summed E-state index contributed by atoms with van der Waals surface area (Å²) in [6.45, 7) is 4.62. The SMILES string of the molecule is CCc1ccc2oc(C(=O)NC[C@H](c3cccs3)N3CCCCC3)cc(=O)c2c1. The summed E-state index contributed by atoms with van der Waals surface area (Å²) in [5.74, 6) is -0.280. The Morgan fingerprint density at radius 1 is 1.21 bits per heavy atom. The van der Waals surface area contributed by atoms with Crippen molar-refractivity contribution in [3.8, 4) is 0 Å². The van der Waals surface area contributed by atoms with Crippen LogP contribution in [0.25, 0.3) is 11.0 Å². The number of benzene rings is 1. The van der Waals surface area contributed by atoms with E-state index in [2.05, 4.69) is 21.7 Å². The van der Waals surface area contributed by atoms with Gasteiger partial charge in [0.15, 0.2) is 11.2 Å². The fraction of sp³-hybridized carbons (Fsp3) is 0.391. The number of thiophene rings is 1. The lowest BCUT2D eigenvalue weighted by Crippen LogP contribution is -2.40. The van der Waals surface area contributed by atoms with Crippen LogP contribution in [0.4, 0.5) is 0 Å². The van der Waals surface area contributed by atoms with Gasteiger partial charge in [0.25, 0.3) is 5.91 Å². The molecule has 0 saturated carbocycles. The molecule has 2 aromatic heterocycles. The first-order valence-electron chi connectivity index (χ1n) is 10.3. The van der Waals surface area contributed by atoms with Gasteiger partial charge in [0.05, 0.1) is 11.4 Å². The minimum absolute atomic E-state index is 0.0651. The van der Waals surface area contributed by atoms with Crippen molar-refractivity contribution in [2.75, 3.05) is 19.6 Å². The Labute approximate surface area is 174 Å². The van der Waals surface area contributed by atoms with Crippen LogP contribution in [-0.4, -0.2) is 30.4 Å². The number of carbonyl (C=O) groups is 1. The fourth-order valence-corrected chi connectivity index (χ4v) is 4.79. The van der Waals surface area contributed by atoms with E-state index in [1.807, 2.05) is 25.1 Å². The van der Waals surface area contributed by atoms with E-state index in [1.165, 1.54) is 30.2 Å². The molecular formula is C23H26N2O3S. The maximum absolute atomic E-state index is 12.8. The molecule has 0 bridgehead atoms. The number of hydrogen-bond donors (Lipinski definition) is 1. The lowest BCUT2D eigenvalue weighted by molar-refractivity contribution is 0.0899. The molecule has 6 heteroatoms. The highest BCUT2D eigenvalue weighted by Crippen LogP contribution is 2.27. The van der Waals surface area contributed by atoms with Gasteiger partial charge in [0.2, 0.25) is 0 Å². The number of nitrogens with one attached hydrogen (secondary N) is 1. The van der Waals surface area contributed by atoms with Gasteiger partial charge in [-0.05, 0) is 61.5 Å². The summed E-state index contributed by atoms with van der Waals surface area (Å²) < 4.78 is 5.75. The molecule has 4 rings (SSSR count). The van der Waals surface area contributed by atoms with Gasteiger partial charge in [0.1, 0.15) is 5.58 Å². The lowest BCUT2D eigenvalue weighted by atomic mass is 10.1. The highest BCUT2D eigenvalue weighted by Gasteiger charge is 2.24. The third-order valence-corrected chi connectivity index (χ3v) is 6.56. The number of nitrogens with zero attached hydrogens (tertiary/aromatic N) is 1. The molecule has 1 aliphatic heterocycles. The van der Waals surface area contributed by atoms with Gasteiger partial charge < -0.3 is 9.73 Å². The second-order valence-corrected chi connectivity index (χ2v) is 8.48. The maximum atomic E-state index is 12.8. The zero-order valence-corrected chi connectivity index (χ0v) is 17.5. The Bertz CT molecular complexity index is 1040. The van der Waals surface area contributed by atoms with Crippen molar-refractivity contribution in [2.45, 2.75) is 38.6 Å². The summed E-state index contributed by atoms with van der Waals surface area (Å²) in [5, 5.41) is 5.58. The van der Waals surface area contributed by atoms with E-state index in [0.717, 1.165) is 25.1 Å². The van der Waals surface area contributed by atoms with Gasteiger partial charge in [-0.2, -0.15) is 0 Å². The molecule has 29 heavy (non-hydrogen) atoms. The zero-order valence-electron chi connectivity index (χ0n) is 16.6. The Kier molecular flexibility index (Phi) is 6.11. The molecule has 3 aromatic rings. The summed E-state index contributed by atoms with van der Waals surface area (Å²) >= 11 is 1.71. The zero-order chi connectivity index (χ0) is 20.2. The molecule has 1 atom stereocenters. The number of piperidine rings is 1. The molecule has 0 radical (unpaired) electrons. The molecule has 1 N–H and O–H groups in total. The number of rotatable bonds is 6. The average molecular weight is 411 g/mol. The van der Waals surface area contributed by atoms with Gasteiger partial charge in [-0.25, -0.2) is 0 Å². The smallest absolute Gasteiger partial charge is 0.287 e. The van der Waals surface area contributed by atoms with Crippen LogP contribution < -0.4 is 10.7 Å². The third-order valence-electron chi connectivity index (χ3n) is 5.58. The highest BCUT2D eigenvalue weighted by atomic mass is 32.1. The van der Waals surface area contributed by atoms with Crippen LogP contribution in [0.15, 0.2) is 51.0 Å². The Balaban J connectivity index is 1.52. The number of aryl methyl sites for hydroxylation is 1. The van der Waals surface area contributed by atoms with Crippen molar-refractivity contribution in [2.24, 2.45) is 0 Å². The molecule has 0 unspecified atom stereocenters. The summed E-state index contributed by atoms with van der Waals surface area (Å²) in [7, 11) is 0. The van der Waals surface area contributed by atoms with E-state index in [-0.39, 0.29) is 23.1 Å². The predicted molar refractivity (Wildman–Crippen MR) is 117 cm³/mol. The second-order valence-electron chi connectivity index (χ2n) is 7.50. The largest absolute Gasteiger partial charge is 0.451 e. The Morgan fingerprint density at radius 2 is 2.03 bits per heavy atom. The van der Waals surface area contributed by atoms with Crippen molar-refractivity contribution in [3.63, 3.8) is 0 Å². The summed E-state index contributed by atoms with van der Waals surface area (Å²) in [5.41, 5.74) is 1.34. The summed E-state index contributed by atoms with van der Waals surface area (Å²) in [6.07, 6.45) is 4.49. The molecule has 0 aliphatic carbocycles. The van der Waals surface area contributed by atoms with Gasteiger partial charge in [-0.3, -0.25) is 14.5 Å². The number of amides is 1. The number of hydrogen-bond acceptors (Lipinski definition) is 5. The lowest BCUT2D eigenvalue weighted by Gasteiger charge is -2.34. The quantitative estimate of drug-likeness (QED) is 0.655. The average Bonchev–Trinajstić information content (AvgIpc) is 3.29. The fourth-order valence-electron chi connectivity index (χ4n) is 3.93. The Hall–Kier alpha value is -2.44. The van der Waals surface area contributed by atoms with Crippen LogP contribution in [0.5, 0.6) is 0 Å². The summed E-state index contributed by atoms with van der Waals surface area (Å²) in [4.78, 5) is 29.0. The van der Waals surface area contributed by atoms with E-state index in [0.29, 0.717) is 17.5 Å². The molecule has 3 heterocycles. The first-order valence-corrected chi connectivity index (χ1v) is 11.2. The van der Waals surface area contributed by atoms with E-state index in [4.69, 9.17) is 4.42 Å². The molecule has 1 amide bonds. The Morgan fingerprint density at radius 3 is 2.76 bits per heavy atom. The third kappa shape index (κ3) is 4.43. The standard InChI is InChI=1S/C23H26N2O3S/c1-2-16-8-9-20-17(13-16)19(26)14-21(28-20)23(27)24-15-18(22-7-6-12-29-22)25-10-4-3-5-11-25/h6-9,12-14,18H,2-5,10-11,15H2,1H3,(H,24,27)/t18-/m1/s1. The van der Waals surface area contributed by atoms with Crippen LogP contribution in [-0.2, 0) is 6.42 Å². The van der Waals surface area contributed by atoms with Crippen LogP contribution in [0.3, 0.4) is 0 Å². The maximum Gasteiger partial charge on any atom is 0.287 e. The number of likely N-dealkylation sites (tertiary alicyclic amines) is 1. The van der Waals surface area contributed by atoms with E-state index in [1.54, 1.807) is 17.4 Å². The van der Waals surface area contributed by atoms with Gasteiger partial charge in [-0.15, -0.1) is 11.3 Å². The van der Waals surface area contributed by atoms with Crippen molar-refractivity contribution in [1.82, 2.24) is 10.2 Å². The van der Waals surface area contributed by atoms with Crippen molar-refractivity contribution >= 4 is 28.2 Å². The van der Waals surface area contributed by atoms with E-state index in [9.17, 15) is 9.59 Å². The first kappa shape index (κ1) is 19.9. The van der Waals surface area contributed by atoms with E-state index >= 15 is 0 Å². The van der Waals surface area contributed by atoms with Crippen LogP contribution in [0.1, 0.15) is 53.2 Å². The number of carbonyl (C=O) groups excluding carboxylic acids is 1. The van der Waals surface area contributed by atoms with Crippen molar-refractivity contribution in [3.05, 3.63) is 68.2 Å². The molecular weight excluding hydrogens is 384 g/mol. The van der Waals surface area contributed by atoms with Crippen LogP contribution >= 0.6 is 11.3 Å². The van der Waals surface area contributed by atoms with Crippen LogP contribution in [0, 0.1) is 0 Å². The topological polar surface area (TPSA) is 62.6 Å². The molecule has 1 saturated heterocycles. The molecule has 1 fully saturated rings. The molecule has 5 nitrogen and oxygen atoms in total. The van der Waals surface area contributed by atoms with Gasteiger partial charge >= 0.3 is 0 Å². The normalized spacial score (nSPS) is 16.0.